The Kier molecular flexibility index (Phi) is 4.04. The van der Waals surface area contributed by atoms with E-state index in [1.165, 1.54) is 12.8 Å². The Morgan fingerprint density at radius 3 is 2.75 bits per heavy atom. The Labute approximate surface area is 141 Å². The van der Waals surface area contributed by atoms with Crippen LogP contribution in [0.2, 0.25) is 0 Å². The molecule has 4 rings (SSSR count). The van der Waals surface area contributed by atoms with Crippen molar-refractivity contribution in [2.75, 3.05) is 0 Å². The van der Waals surface area contributed by atoms with Gasteiger partial charge in [-0.3, -0.25) is 9.48 Å². The Morgan fingerprint density at radius 1 is 1.25 bits per heavy atom. The smallest absolute Gasteiger partial charge is 0.272 e. The fraction of sp³-hybridized carbons (Fsp3) is 0.556. The van der Waals surface area contributed by atoms with Crippen molar-refractivity contribution in [2.45, 2.75) is 57.5 Å². The van der Waals surface area contributed by atoms with Gasteiger partial charge in [-0.05, 0) is 50.7 Å². The van der Waals surface area contributed by atoms with E-state index in [0.717, 1.165) is 31.4 Å². The van der Waals surface area contributed by atoms with E-state index in [2.05, 4.69) is 20.4 Å². The first-order chi connectivity index (χ1) is 11.7. The van der Waals surface area contributed by atoms with Gasteiger partial charge in [0.15, 0.2) is 5.82 Å². The summed E-state index contributed by atoms with van der Waals surface area (Å²) in [7, 11) is 0. The molecule has 0 saturated heterocycles. The molecule has 1 amide bonds. The van der Waals surface area contributed by atoms with Crippen LogP contribution in [-0.4, -0.2) is 25.7 Å². The first-order valence-corrected chi connectivity index (χ1v) is 8.86. The molecule has 126 valence electrons. The summed E-state index contributed by atoms with van der Waals surface area (Å²) in [6.45, 7) is 1.94. The second-order valence-electron chi connectivity index (χ2n) is 6.96. The number of aryl methyl sites for hydroxylation is 1. The lowest BCUT2D eigenvalue weighted by molar-refractivity contribution is 0.0923. The van der Waals surface area contributed by atoms with Crippen LogP contribution in [0.5, 0.6) is 0 Å². The van der Waals surface area contributed by atoms with E-state index >= 15 is 0 Å². The van der Waals surface area contributed by atoms with Crippen LogP contribution in [0, 0.1) is 12.8 Å². The summed E-state index contributed by atoms with van der Waals surface area (Å²) in [6.07, 6.45) is 10.7. The van der Waals surface area contributed by atoms with Crippen LogP contribution in [0.25, 0.3) is 0 Å². The number of nitrogens with zero attached hydrogens (tertiary/aromatic N) is 4. The molecule has 2 heterocycles. The zero-order chi connectivity index (χ0) is 16.5. The van der Waals surface area contributed by atoms with Gasteiger partial charge in [-0.15, -0.1) is 0 Å². The molecule has 2 aromatic rings. The molecule has 6 nitrogen and oxygen atoms in total. The minimum absolute atomic E-state index is 0.117. The molecular formula is C18H23N5O. The van der Waals surface area contributed by atoms with E-state index in [4.69, 9.17) is 0 Å². The summed E-state index contributed by atoms with van der Waals surface area (Å²) in [5.74, 6) is 1.02. The normalized spacial score (nSPS) is 19.4. The van der Waals surface area contributed by atoms with Gasteiger partial charge in [0, 0.05) is 18.1 Å². The van der Waals surface area contributed by atoms with Crippen molar-refractivity contribution in [2.24, 2.45) is 5.92 Å². The molecule has 2 aliphatic rings. The van der Waals surface area contributed by atoms with Crippen molar-refractivity contribution in [3.63, 3.8) is 0 Å². The van der Waals surface area contributed by atoms with Crippen molar-refractivity contribution >= 4 is 5.91 Å². The van der Waals surface area contributed by atoms with E-state index in [1.807, 2.05) is 29.9 Å². The maximum Gasteiger partial charge on any atom is 0.272 e. The second-order valence-corrected chi connectivity index (χ2v) is 6.96. The van der Waals surface area contributed by atoms with Crippen LogP contribution >= 0.6 is 0 Å². The summed E-state index contributed by atoms with van der Waals surface area (Å²) in [5.41, 5.74) is 1.41. The van der Waals surface area contributed by atoms with Crippen molar-refractivity contribution in [3.05, 3.63) is 41.7 Å². The zero-order valence-electron chi connectivity index (χ0n) is 14.0. The predicted molar refractivity (Wildman–Crippen MR) is 89.4 cm³/mol. The van der Waals surface area contributed by atoms with Gasteiger partial charge in [0.2, 0.25) is 0 Å². The van der Waals surface area contributed by atoms with Crippen LogP contribution in [0.4, 0.5) is 0 Å². The SMILES string of the molecule is Cc1ccnc([C@@H](NC(=O)c2ccn(C3CCCC3)n2)C2CC2)n1. The van der Waals surface area contributed by atoms with Crippen molar-refractivity contribution < 1.29 is 4.79 Å². The highest BCUT2D eigenvalue weighted by atomic mass is 16.2. The quantitative estimate of drug-likeness (QED) is 0.917. The van der Waals surface area contributed by atoms with Crippen molar-refractivity contribution in [3.8, 4) is 0 Å². The van der Waals surface area contributed by atoms with Gasteiger partial charge in [0.05, 0.1) is 12.1 Å². The lowest BCUT2D eigenvalue weighted by Gasteiger charge is -2.16. The van der Waals surface area contributed by atoms with Gasteiger partial charge in [-0.1, -0.05) is 12.8 Å². The van der Waals surface area contributed by atoms with Gasteiger partial charge in [-0.2, -0.15) is 5.10 Å². The van der Waals surface area contributed by atoms with Crippen LogP contribution in [0.15, 0.2) is 24.5 Å². The summed E-state index contributed by atoms with van der Waals surface area (Å²) in [5, 5.41) is 7.60. The van der Waals surface area contributed by atoms with E-state index in [1.54, 1.807) is 6.20 Å². The zero-order valence-corrected chi connectivity index (χ0v) is 14.0. The third kappa shape index (κ3) is 3.18. The lowest BCUT2D eigenvalue weighted by Crippen LogP contribution is -2.31. The van der Waals surface area contributed by atoms with Gasteiger partial charge >= 0.3 is 0 Å². The summed E-state index contributed by atoms with van der Waals surface area (Å²) in [4.78, 5) is 21.5. The number of nitrogens with one attached hydrogen (secondary N) is 1. The maximum atomic E-state index is 12.6. The molecular weight excluding hydrogens is 302 g/mol. The fourth-order valence-electron chi connectivity index (χ4n) is 3.49. The van der Waals surface area contributed by atoms with Crippen molar-refractivity contribution in [1.29, 1.82) is 0 Å². The molecule has 1 atom stereocenters. The highest BCUT2D eigenvalue weighted by Crippen LogP contribution is 2.40. The van der Waals surface area contributed by atoms with Crippen LogP contribution in [0.1, 0.15) is 72.6 Å². The highest BCUT2D eigenvalue weighted by Gasteiger charge is 2.36. The van der Waals surface area contributed by atoms with E-state index in [-0.39, 0.29) is 11.9 Å². The van der Waals surface area contributed by atoms with Gasteiger partial charge in [0.25, 0.3) is 5.91 Å². The minimum atomic E-state index is -0.131. The Bertz CT molecular complexity index is 731. The number of aromatic nitrogens is 4. The summed E-state index contributed by atoms with van der Waals surface area (Å²) >= 11 is 0. The number of carbonyl (C=O) groups is 1. The largest absolute Gasteiger partial charge is 0.340 e. The number of rotatable bonds is 5. The Morgan fingerprint density at radius 2 is 2.04 bits per heavy atom. The Hall–Kier alpha value is -2.24. The minimum Gasteiger partial charge on any atom is -0.340 e. The highest BCUT2D eigenvalue weighted by molar-refractivity contribution is 5.92. The molecule has 2 aromatic heterocycles. The van der Waals surface area contributed by atoms with Crippen LogP contribution in [-0.2, 0) is 0 Å². The molecule has 0 aliphatic heterocycles. The van der Waals surface area contributed by atoms with E-state index < -0.39 is 0 Å². The monoisotopic (exact) mass is 325 g/mol. The fourth-order valence-corrected chi connectivity index (χ4v) is 3.49. The van der Waals surface area contributed by atoms with E-state index in [0.29, 0.717) is 23.5 Å². The molecule has 2 saturated carbocycles. The lowest BCUT2D eigenvalue weighted by atomic mass is 10.1. The van der Waals surface area contributed by atoms with Crippen LogP contribution in [0.3, 0.4) is 0 Å². The topological polar surface area (TPSA) is 72.7 Å². The number of hydrogen-bond donors (Lipinski definition) is 1. The van der Waals surface area contributed by atoms with Gasteiger partial charge in [0.1, 0.15) is 5.69 Å². The number of hydrogen-bond acceptors (Lipinski definition) is 4. The molecule has 0 bridgehead atoms. The van der Waals surface area contributed by atoms with E-state index in [9.17, 15) is 4.79 Å². The van der Waals surface area contributed by atoms with Crippen molar-refractivity contribution in [1.82, 2.24) is 25.1 Å². The molecule has 0 spiro atoms. The first-order valence-electron chi connectivity index (χ1n) is 8.86. The standard InChI is InChI=1S/C18H23N5O/c1-12-8-10-19-17(20-12)16(13-6-7-13)21-18(24)15-9-11-23(22-15)14-4-2-3-5-14/h8-11,13-14,16H,2-7H2,1H3,(H,21,24)/t16-/m0/s1. The Balaban J connectivity index is 1.49. The summed E-state index contributed by atoms with van der Waals surface area (Å²) in [6, 6.07) is 4.02. The predicted octanol–water partition coefficient (Wildman–Crippen LogP) is 2.98. The molecule has 0 aromatic carbocycles. The molecule has 2 fully saturated rings. The third-order valence-electron chi connectivity index (χ3n) is 5.01. The molecule has 0 unspecified atom stereocenters. The molecule has 6 heteroatoms. The first kappa shape index (κ1) is 15.3. The maximum absolute atomic E-state index is 12.6. The number of carbonyl (C=O) groups excluding carboxylic acids is 1. The molecule has 1 N–H and O–H groups in total. The summed E-state index contributed by atoms with van der Waals surface area (Å²) < 4.78 is 1.96. The molecule has 2 aliphatic carbocycles. The third-order valence-corrected chi connectivity index (χ3v) is 5.01. The second kappa shape index (κ2) is 6.34. The molecule has 24 heavy (non-hydrogen) atoms. The average Bonchev–Trinajstić information content (AvgIpc) is 3.08. The van der Waals surface area contributed by atoms with Gasteiger partial charge in [-0.25, -0.2) is 9.97 Å². The molecule has 0 radical (unpaired) electrons. The van der Waals surface area contributed by atoms with Gasteiger partial charge < -0.3 is 5.32 Å². The number of amides is 1. The van der Waals surface area contributed by atoms with Crippen LogP contribution < -0.4 is 5.32 Å². The average molecular weight is 325 g/mol.